The monoisotopic (exact) mass is 367 g/mol. The van der Waals surface area contributed by atoms with E-state index in [0.717, 1.165) is 35.5 Å². The van der Waals surface area contributed by atoms with E-state index in [9.17, 15) is 9.90 Å². The summed E-state index contributed by atoms with van der Waals surface area (Å²) in [5, 5.41) is 10.6. The molecule has 0 aliphatic carbocycles. The molecule has 1 amide bonds. The highest BCUT2D eigenvalue weighted by molar-refractivity contribution is 5.76. The summed E-state index contributed by atoms with van der Waals surface area (Å²) in [6, 6.07) is 15.6. The molecule has 1 unspecified atom stereocenters. The number of carbonyl (C=O) groups excluding carboxylic acids is 1. The molecule has 1 atom stereocenters. The Morgan fingerprint density at radius 1 is 1.07 bits per heavy atom. The lowest BCUT2D eigenvalue weighted by atomic mass is 9.87. The number of aliphatic hydroxyl groups is 1. The van der Waals surface area contributed by atoms with Crippen molar-refractivity contribution in [3.05, 3.63) is 59.7 Å². The maximum absolute atomic E-state index is 12.6. The van der Waals surface area contributed by atoms with Crippen LogP contribution in [0.3, 0.4) is 0 Å². The molecule has 2 heterocycles. The number of piperidine rings is 1. The zero-order valence-electron chi connectivity index (χ0n) is 15.3. The van der Waals surface area contributed by atoms with Gasteiger partial charge in [0.2, 0.25) is 12.7 Å². The lowest BCUT2D eigenvalue weighted by Gasteiger charge is -2.34. The molecule has 1 saturated heterocycles. The first-order valence-corrected chi connectivity index (χ1v) is 9.60. The van der Waals surface area contributed by atoms with Gasteiger partial charge in [0.05, 0.1) is 6.10 Å². The minimum Gasteiger partial charge on any atom is -0.454 e. The molecule has 0 saturated carbocycles. The van der Waals surface area contributed by atoms with Crippen molar-refractivity contribution in [3.8, 4) is 11.5 Å². The summed E-state index contributed by atoms with van der Waals surface area (Å²) in [6.45, 7) is 1.70. The Bertz CT molecular complexity index is 784. The molecular weight excluding hydrogens is 342 g/mol. The first-order valence-electron chi connectivity index (χ1n) is 9.60. The van der Waals surface area contributed by atoms with E-state index in [1.807, 2.05) is 53.4 Å². The second-order valence-electron chi connectivity index (χ2n) is 7.26. The summed E-state index contributed by atoms with van der Waals surface area (Å²) in [5.41, 5.74) is 2.05. The maximum atomic E-state index is 12.6. The van der Waals surface area contributed by atoms with Gasteiger partial charge in [-0.15, -0.1) is 0 Å². The largest absolute Gasteiger partial charge is 0.454 e. The second kappa shape index (κ2) is 8.01. The van der Waals surface area contributed by atoms with Crippen molar-refractivity contribution in [2.24, 2.45) is 5.92 Å². The first kappa shape index (κ1) is 17.9. The predicted molar refractivity (Wildman–Crippen MR) is 102 cm³/mol. The first-order chi connectivity index (χ1) is 13.2. The number of likely N-dealkylation sites (tertiary alicyclic amines) is 1. The van der Waals surface area contributed by atoms with Gasteiger partial charge in [-0.2, -0.15) is 0 Å². The zero-order chi connectivity index (χ0) is 18.6. The third-order valence-electron chi connectivity index (χ3n) is 5.54. The molecule has 0 bridgehead atoms. The minimum absolute atomic E-state index is 0.181. The van der Waals surface area contributed by atoms with E-state index < -0.39 is 6.10 Å². The molecule has 2 aliphatic rings. The van der Waals surface area contributed by atoms with E-state index >= 15 is 0 Å². The number of rotatable bonds is 5. The quantitative estimate of drug-likeness (QED) is 0.881. The predicted octanol–water partition coefficient (Wildman–Crippen LogP) is 3.32. The molecule has 2 aromatic rings. The Morgan fingerprint density at radius 2 is 1.81 bits per heavy atom. The molecule has 1 fully saturated rings. The number of hydrogen-bond acceptors (Lipinski definition) is 4. The molecule has 0 aromatic heterocycles. The Kier molecular flexibility index (Phi) is 5.30. The highest BCUT2D eigenvalue weighted by atomic mass is 16.7. The van der Waals surface area contributed by atoms with Gasteiger partial charge in [-0.05, 0) is 48.4 Å². The van der Waals surface area contributed by atoms with Crippen LogP contribution in [0.2, 0.25) is 0 Å². The fourth-order valence-electron chi connectivity index (χ4n) is 3.89. The van der Waals surface area contributed by atoms with Crippen LogP contribution in [0.4, 0.5) is 0 Å². The average molecular weight is 367 g/mol. The molecule has 2 aliphatic heterocycles. The highest BCUT2D eigenvalue weighted by Crippen LogP contribution is 2.33. The second-order valence-corrected chi connectivity index (χ2v) is 7.26. The fourth-order valence-corrected chi connectivity index (χ4v) is 3.89. The molecule has 0 radical (unpaired) electrons. The third kappa shape index (κ3) is 4.08. The van der Waals surface area contributed by atoms with Crippen LogP contribution in [-0.4, -0.2) is 35.8 Å². The van der Waals surface area contributed by atoms with Gasteiger partial charge in [0.15, 0.2) is 11.5 Å². The van der Waals surface area contributed by atoms with Crippen molar-refractivity contribution in [3.63, 3.8) is 0 Å². The van der Waals surface area contributed by atoms with Crippen LogP contribution < -0.4 is 9.47 Å². The highest BCUT2D eigenvalue weighted by Gasteiger charge is 2.28. The number of carbonyl (C=O) groups is 1. The van der Waals surface area contributed by atoms with E-state index in [2.05, 4.69) is 0 Å². The molecule has 142 valence electrons. The lowest BCUT2D eigenvalue weighted by molar-refractivity contribution is -0.133. The van der Waals surface area contributed by atoms with Crippen LogP contribution in [0.5, 0.6) is 11.5 Å². The number of hydrogen-bond donors (Lipinski definition) is 1. The van der Waals surface area contributed by atoms with E-state index in [0.29, 0.717) is 25.9 Å². The van der Waals surface area contributed by atoms with Crippen LogP contribution in [0.25, 0.3) is 0 Å². The van der Waals surface area contributed by atoms with Gasteiger partial charge in [-0.25, -0.2) is 0 Å². The Morgan fingerprint density at radius 3 is 2.59 bits per heavy atom. The van der Waals surface area contributed by atoms with Crippen LogP contribution in [0.15, 0.2) is 48.5 Å². The smallest absolute Gasteiger partial charge is 0.231 e. The number of benzene rings is 2. The maximum Gasteiger partial charge on any atom is 0.231 e. The Labute approximate surface area is 159 Å². The van der Waals surface area contributed by atoms with Crippen LogP contribution in [0, 0.1) is 5.92 Å². The number of ether oxygens (including phenoxy) is 2. The van der Waals surface area contributed by atoms with Gasteiger partial charge in [-0.1, -0.05) is 36.4 Å². The van der Waals surface area contributed by atoms with E-state index in [4.69, 9.17) is 9.47 Å². The number of aryl methyl sites for hydroxylation is 1. The summed E-state index contributed by atoms with van der Waals surface area (Å²) in [5.74, 6) is 1.92. The van der Waals surface area contributed by atoms with E-state index in [1.165, 1.54) is 0 Å². The molecule has 4 rings (SSSR count). The topological polar surface area (TPSA) is 59.0 Å². The van der Waals surface area contributed by atoms with Crippen LogP contribution in [0.1, 0.15) is 36.5 Å². The molecule has 5 heteroatoms. The van der Waals surface area contributed by atoms with Gasteiger partial charge in [0.1, 0.15) is 0 Å². The van der Waals surface area contributed by atoms with E-state index in [1.54, 1.807) is 0 Å². The summed E-state index contributed by atoms with van der Waals surface area (Å²) in [4.78, 5) is 14.5. The van der Waals surface area contributed by atoms with Gasteiger partial charge in [0, 0.05) is 19.5 Å². The van der Waals surface area contributed by atoms with Crippen molar-refractivity contribution >= 4 is 5.91 Å². The Hall–Kier alpha value is -2.53. The summed E-state index contributed by atoms with van der Waals surface area (Å²) in [7, 11) is 0. The average Bonchev–Trinajstić information content (AvgIpc) is 3.20. The van der Waals surface area contributed by atoms with Crippen molar-refractivity contribution < 1.29 is 19.4 Å². The molecule has 5 nitrogen and oxygen atoms in total. The van der Waals surface area contributed by atoms with Crippen molar-refractivity contribution in [1.82, 2.24) is 4.90 Å². The van der Waals surface area contributed by atoms with Crippen LogP contribution in [-0.2, 0) is 11.2 Å². The SMILES string of the molecule is O=C(CCc1ccc2c(c1)OCO2)N1CCC(C(O)c2ccccc2)CC1. The summed E-state index contributed by atoms with van der Waals surface area (Å²) < 4.78 is 10.7. The Balaban J connectivity index is 1.26. The number of nitrogens with zero attached hydrogens (tertiary/aromatic N) is 1. The van der Waals surface area contributed by atoms with Gasteiger partial charge < -0.3 is 19.5 Å². The van der Waals surface area contributed by atoms with Crippen molar-refractivity contribution in [2.45, 2.75) is 31.8 Å². The number of aliphatic hydroxyl groups excluding tert-OH is 1. The fraction of sp³-hybridized carbons (Fsp3) is 0.409. The van der Waals surface area contributed by atoms with Gasteiger partial charge in [0.25, 0.3) is 0 Å². The van der Waals surface area contributed by atoms with Crippen LogP contribution >= 0.6 is 0 Å². The van der Waals surface area contributed by atoms with Crippen molar-refractivity contribution in [1.29, 1.82) is 0 Å². The standard InChI is InChI=1S/C22H25NO4/c24-21(9-7-16-6-8-19-20(14-16)27-15-26-19)23-12-10-18(11-13-23)22(25)17-4-2-1-3-5-17/h1-6,8,14,18,22,25H,7,9-13,15H2. The zero-order valence-corrected chi connectivity index (χ0v) is 15.3. The molecular formula is C22H25NO4. The van der Waals surface area contributed by atoms with Gasteiger partial charge in [-0.3, -0.25) is 4.79 Å². The summed E-state index contributed by atoms with van der Waals surface area (Å²) in [6.07, 6.45) is 2.42. The normalized spacial score (nSPS) is 17.7. The van der Waals surface area contributed by atoms with Crippen molar-refractivity contribution in [2.75, 3.05) is 19.9 Å². The molecule has 27 heavy (non-hydrogen) atoms. The van der Waals surface area contributed by atoms with Gasteiger partial charge >= 0.3 is 0 Å². The minimum atomic E-state index is -0.447. The number of fused-ring (bicyclic) bond motifs is 1. The third-order valence-corrected chi connectivity index (χ3v) is 5.54. The molecule has 0 spiro atoms. The molecule has 1 N–H and O–H groups in total. The lowest BCUT2D eigenvalue weighted by Crippen LogP contribution is -2.39. The number of amides is 1. The van der Waals surface area contributed by atoms with E-state index in [-0.39, 0.29) is 18.6 Å². The molecule has 2 aromatic carbocycles. The summed E-state index contributed by atoms with van der Waals surface area (Å²) >= 11 is 0.